The van der Waals surface area contributed by atoms with Gasteiger partial charge < -0.3 is 15.1 Å². The number of urea groups is 1. The Kier molecular flexibility index (Phi) is 7.03. The maximum Gasteiger partial charge on any atom is 0.321 e. The first-order valence-corrected chi connectivity index (χ1v) is 13.0. The molecule has 0 unspecified atom stereocenters. The number of benzene rings is 2. The normalized spacial score (nSPS) is 17.8. The van der Waals surface area contributed by atoms with E-state index >= 15 is 0 Å². The highest BCUT2D eigenvalue weighted by molar-refractivity contribution is 8.00. The Hall–Kier alpha value is -2.47. The SMILES string of the molecule is CC(C)c1cccc(C(C)C)c1NC(=O)N1CCC2(CC1)SCCN2C(=O)c1ccccc1. The summed E-state index contributed by atoms with van der Waals surface area (Å²) in [6.07, 6.45) is 1.60. The summed E-state index contributed by atoms with van der Waals surface area (Å²) in [4.78, 5) is 30.2. The minimum absolute atomic E-state index is 0.0382. The van der Waals surface area contributed by atoms with Gasteiger partial charge in [0.2, 0.25) is 0 Å². The Morgan fingerprint density at radius 2 is 1.48 bits per heavy atom. The molecule has 0 saturated carbocycles. The van der Waals surface area contributed by atoms with Crippen molar-refractivity contribution in [2.24, 2.45) is 0 Å². The van der Waals surface area contributed by atoms with Crippen LogP contribution in [0.25, 0.3) is 0 Å². The molecule has 1 spiro atoms. The number of carbonyl (C=O) groups excluding carboxylic acids is 2. The molecule has 3 amide bonds. The fraction of sp³-hybridized carbons (Fsp3) is 0.481. The molecule has 2 fully saturated rings. The predicted octanol–water partition coefficient (Wildman–Crippen LogP) is 6.15. The molecule has 2 heterocycles. The van der Waals surface area contributed by atoms with Crippen molar-refractivity contribution >= 4 is 29.4 Å². The number of carbonyl (C=O) groups is 2. The first-order valence-electron chi connectivity index (χ1n) is 12.0. The van der Waals surface area contributed by atoms with Crippen molar-refractivity contribution in [2.75, 3.05) is 30.7 Å². The third-order valence-electron chi connectivity index (χ3n) is 6.88. The van der Waals surface area contributed by atoms with Crippen LogP contribution in [0.4, 0.5) is 10.5 Å². The summed E-state index contributed by atoms with van der Waals surface area (Å²) in [5, 5.41) is 3.25. The van der Waals surface area contributed by atoms with Gasteiger partial charge in [-0.15, -0.1) is 11.8 Å². The molecule has 0 bridgehead atoms. The molecule has 4 rings (SSSR count). The van der Waals surface area contributed by atoms with Gasteiger partial charge in [-0.25, -0.2) is 4.79 Å². The van der Waals surface area contributed by atoms with E-state index in [1.807, 2.05) is 51.9 Å². The molecule has 176 valence electrons. The Balaban J connectivity index is 1.46. The number of para-hydroxylation sites is 1. The number of thioether (sulfide) groups is 1. The summed E-state index contributed by atoms with van der Waals surface area (Å²) >= 11 is 1.87. The zero-order valence-corrected chi connectivity index (χ0v) is 21.0. The van der Waals surface area contributed by atoms with Crippen LogP contribution in [0.2, 0.25) is 0 Å². The summed E-state index contributed by atoms with van der Waals surface area (Å²) in [6.45, 7) is 10.7. The van der Waals surface area contributed by atoms with E-state index in [1.54, 1.807) is 0 Å². The summed E-state index contributed by atoms with van der Waals surface area (Å²) in [5.41, 5.74) is 4.05. The molecule has 33 heavy (non-hydrogen) atoms. The molecular weight excluding hydrogens is 430 g/mol. The van der Waals surface area contributed by atoms with E-state index in [2.05, 4.69) is 51.2 Å². The summed E-state index contributed by atoms with van der Waals surface area (Å²) in [6, 6.07) is 15.8. The van der Waals surface area contributed by atoms with E-state index < -0.39 is 0 Å². The van der Waals surface area contributed by atoms with Crippen molar-refractivity contribution < 1.29 is 9.59 Å². The third-order valence-corrected chi connectivity index (χ3v) is 8.43. The van der Waals surface area contributed by atoms with Gasteiger partial charge in [-0.3, -0.25) is 4.79 Å². The van der Waals surface area contributed by atoms with Gasteiger partial charge >= 0.3 is 6.03 Å². The number of hydrogen-bond donors (Lipinski definition) is 1. The molecule has 6 heteroatoms. The van der Waals surface area contributed by atoms with Gasteiger partial charge in [0.1, 0.15) is 0 Å². The van der Waals surface area contributed by atoms with Gasteiger partial charge in [0.15, 0.2) is 0 Å². The van der Waals surface area contributed by atoms with E-state index in [0.717, 1.165) is 36.4 Å². The van der Waals surface area contributed by atoms with Crippen LogP contribution in [-0.4, -0.2) is 52.0 Å². The fourth-order valence-electron chi connectivity index (χ4n) is 4.99. The number of piperidine rings is 1. The molecule has 2 aromatic carbocycles. The van der Waals surface area contributed by atoms with Crippen LogP contribution in [0, 0.1) is 0 Å². The average Bonchev–Trinajstić information content (AvgIpc) is 3.22. The van der Waals surface area contributed by atoms with Crippen LogP contribution in [0.3, 0.4) is 0 Å². The van der Waals surface area contributed by atoms with Crippen LogP contribution >= 0.6 is 11.8 Å². The molecular formula is C27H35N3O2S. The van der Waals surface area contributed by atoms with E-state index in [9.17, 15) is 9.59 Å². The standard InChI is InChI=1S/C27H35N3O2S/c1-19(2)22-11-8-12-23(20(3)4)24(22)28-26(32)29-15-13-27(14-16-29)30(17-18-33-27)25(31)21-9-6-5-7-10-21/h5-12,19-20H,13-18H2,1-4H3,(H,28,32). The lowest BCUT2D eigenvalue weighted by atomic mass is 9.92. The Labute approximate surface area is 201 Å². The van der Waals surface area contributed by atoms with Crippen LogP contribution < -0.4 is 5.32 Å². The van der Waals surface area contributed by atoms with Crippen molar-refractivity contribution in [1.29, 1.82) is 0 Å². The van der Waals surface area contributed by atoms with E-state index in [-0.39, 0.29) is 16.8 Å². The van der Waals surface area contributed by atoms with Gasteiger partial charge in [0, 0.05) is 36.6 Å². The summed E-state index contributed by atoms with van der Waals surface area (Å²) < 4.78 is 0. The highest BCUT2D eigenvalue weighted by Gasteiger charge is 2.47. The van der Waals surface area contributed by atoms with Crippen molar-refractivity contribution in [2.45, 2.75) is 57.2 Å². The monoisotopic (exact) mass is 465 g/mol. The third kappa shape index (κ3) is 4.77. The van der Waals surface area contributed by atoms with E-state index in [4.69, 9.17) is 0 Å². The Bertz CT molecular complexity index is 971. The molecule has 0 radical (unpaired) electrons. The zero-order chi connectivity index (χ0) is 23.6. The molecule has 1 N–H and O–H groups in total. The van der Waals surface area contributed by atoms with Gasteiger partial charge in [0.25, 0.3) is 5.91 Å². The van der Waals surface area contributed by atoms with Crippen molar-refractivity contribution in [3.8, 4) is 0 Å². The lowest BCUT2D eigenvalue weighted by molar-refractivity contribution is 0.0585. The first-order chi connectivity index (χ1) is 15.8. The van der Waals surface area contributed by atoms with Crippen molar-refractivity contribution in [3.63, 3.8) is 0 Å². The van der Waals surface area contributed by atoms with Gasteiger partial charge in [-0.05, 0) is 47.9 Å². The largest absolute Gasteiger partial charge is 0.324 e. The summed E-state index contributed by atoms with van der Waals surface area (Å²) in [5.74, 6) is 1.71. The molecule has 0 atom stereocenters. The van der Waals surface area contributed by atoms with E-state index in [0.29, 0.717) is 24.9 Å². The van der Waals surface area contributed by atoms with E-state index in [1.165, 1.54) is 11.1 Å². The Morgan fingerprint density at radius 3 is 2.06 bits per heavy atom. The minimum Gasteiger partial charge on any atom is -0.324 e. The lowest BCUT2D eigenvalue weighted by Gasteiger charge is -2.44. The van der Waals surface area contributed by atoms with Crippen LogP contribution in [0.15, 0.2) is 48.5 Å². The number of likely N-dealkylation sites (tertiary alicyclic amines) is 1. The second kappa shape index (κ2) is 9.80. The number of nitrogens with one attached hydrogen (secondary N) is 1. The number of hydrogen-bond acceptors (Lipinski definition) is 3. The zero-order valence-electron chi connectivity index (χ0n) is 20.1. The Morgan fingerprint density at radius 1 is 0.879 bits per heavy atom. The number of nitrogens with zero attached hydrogens (tertiary/aromatic N) is 2. The van der Waals surface area contributed by atoms with Crippen LogP contribution in [0.5, 0.6) is 0 Å². The molecule has 0 aromatic heterocycles. The highest BCUT2D eigenvalue weighted by atomic mass is 32.2. The van der Waals surface area contributed by atoms with Gasteiger partial charge in [-0.2, -0.15) is 0 Å². The molecule has 0 aliphatic carbocycles. The van der Waals surface area contributed by atoms with Crippen LogP contribution in [0.1, 0.15) is 73.9 Å². The molecule has 2 aliphatic rings. The number of anilines is 1. The number of rotatable bonds is 4. The number of amides is 3. The maximum absolute atomic E-state index is 13.3. The predicted molar refractivity (Wildman–Crippen MR) is 137 cm³/mol. The molecule has 2 saturated heterocycles. The molecule has 5 nitrogen and oxygen atoms in total. The highest BCUT2D eigenvalue weighted by Crippen LogP contribution is 2.44. The molecule has 2 aliphatic heterocycles. The second-order valence-corrected chi connectivity index (χ2v) is 11.1. The minimum atomic E-state index is -0.206. The first kappa shape index (κ1) is 23.7. The van der Waals surface area contributed by atoms with Gasteiger partial charge in [0.05, 0.1) is 4.87 Å². The van der Waals surface area contributed by atoms with Crippen LogP contribution in [-0.2, 0) is 0 Å². The quantitative estimate of drug-likeness (QED) is 0.589. The second-order valence-electron chi connectivity index (χ2n) is 9.66. The fourth-order valence-corrected chi connectivity index (χ4v) is 6.44. The van der Waals surface area contributed by atoms with Gasteiger partial charge in [-0.1, -0.05) is 64.1 Å². The maximum atomic E-state index is 13.3. The lowest BCUT2D eigenvalue weighted by Crippen LogP contribution is -2.54. The summed E-state index contributed by atoms with van der Waals surface area (Å²) in [7, 11) is 0. The molecule has 2 aromatic rings. The smallest absolute Gasteiger partial charge is 0.321 e. The topological polar surface area (TPSA) is 52.7 Å². The average molecular weight is 466 g/mol. The van der Waals surface area contributed by atoms with Crippen molar-refractivity contribution in [3.05, 3.63) is 65.2 Å². The van der Waals surface area contributed by atoms with Crippen molar-refractivity contribution in [1.82, 2.24) is 9.80 Å².